The van der Waals surface area contributed by atoms with Gasteiger partial charge in [0.1, 0.15) is 0 Å². The summed E-state index contributed by atoms with van der Waals surface area (Å²) in [5.41, 5.74) is 8.90. The highest BCUT2D eigenvalue weighted by Crippen LogP contribution is 2.29. The van der Waals surface area contributed by atoms with E-state index >= 15 is 0 Å². The highest BCUT2D eigenvalue weighted by Gasteiger charge is 2.24. The van der Waals surface area contributed by atoms with Gasteiger partial charge in [0, 0.05) is 42.4 Å². The van der Waals surface area contributed by atoms with Gasteiger partial charge in [0.05, 0.1) is 13.2 Å². The van der Waals surface area contributed by atoms with Crippen LogP contribution in [-0.2, 0) is 11.3 Å². The summed E-state index contributed by atoms with van der Waals surface area (Å²) < 4.78 is 6.65. The maximum absolute atomic E-state index is 6.13. The van der Waals surface area contributed by atoms with Gasteiger partial charge in [-0.05, 0) is 49.9 Å². The number of morpholine rings is 1. The molecular weight excluding hydrogens is 390 g/mol. The first-order valence-electron chi connectivity index (χ1n) is 8.72. The van der Waals surface area contributed by atoms with Gasteiger partial charge in [0.2, 0.25) is 0 Å². The van der Waals surface area contributed by atoms with Crippen molar-refractivity contribution in [3.05, 3.63) is 28.2 Å². The molecule has 0 bridgehead atoms. The van der Waals surface area contributed by atoms with Crippen molar-refractivity contribution in [1.29, 1.82) is 0 Å². The number of benzene rings is 1. The van der Waals surface area contributed by atoms with Gasteiger partial charge in [-0.25, -0.2) is 0 Å². The fourth-order valence-electron chi connectivity index (χ4n) is 3.67. The molecule has 2 aliphatic heterocycles. The van der Waals surface area contributed by atoms with Gasteiger partial charge in [-0.1, -0.05) is 22.0 Å². The van der Waals surface area contributed by atoms with E-state index in [9.17, 15) is 0 Å². The van der Waals surface area contributed by atoms with Crippen molar-refractivity contribution in [3.8, 4) is 0 Å². The zero-order valence-corrected chi connectivity index (χ0v) is 16.8. The Morgan fingerprint density at radius 3 is 2.75 bits per heavy atom. The van der Waals surface area contributed by atoms with Crippen LogP contribution in [0, 0.1) is 5.92 Å². The molecule has 0 spiro atoms. The third kappa shape index (κ3) is 5.09. The van der Waals surface area contributed by atoms with Gasteiger partial charge < -0.3 is 15.4 Å². The molecule has 3 rings (SSSR count). The van der Waals surface area contributed by atoms with Gasteiger partial charge >= 0.3 is 0 Å². The van der Waals surface area contributed by atoms with E-state index in [0.717, 1.165) is 43.9 Å². The van der Waals surface area contributed by atoms with E-state index in [4.69, 9.17) is 10.5 Å². The molecule has 136 valence electrons. The molecule has 2 fully saturated rings. The van der Waals surface area contributed by atoms with E-state index in [-0.39, 0.29) is 12.4 Å². The molecule has 2 unspecified atom stereocenters. The molecule has 2 aliphatic rings. The molecule has 2 heterocycles. The Hall–Kier alpha value is -0.330. The summed E-state index contributed by atoms with van der Waals surface area (Å²) in [6.45, 7) is 9.07. The minimum Gasteiger partial charge on any atom is -0.378 e. The lowest BCUT2D eigenvalue weighted by molar-refractivity contribution is 0.122. The fourth-order valence-corrected chi connectivity index (χ4v) is 4.02. The second kappa shape index (κ2) is 9.39. The van der Waals surface area contributed by atoms with Crippen molar-refractivity contribution < 1.29 is 4.74 Å². The van der Waals surface area contributed by atoms with Crippen molar-refractivity contribution >= 4 is 34.0 Å². The van der Waals surface area contributed by atoms with Crippen LogP contribution in [0.4, 0.5) is 5.69 Å². The molecule has 4 nitrogen and oxygen atoms in total. The second-order valence-corrected chi connectivity index (χ2v) is 7.78. The highest BCUT2D eigenvalue weighted by atomic mass is 79.9. The van der Waals surface area contributed by atoms with Crippen LogP contribution >= 0.6 is 28.3 Å². The summed E-state index contributed by atoms with van der Waals surface area (Å²) in [5, 5.41) is 0. The predicted octanol–water partition coefficient (Wildman–Crippen LogP) is 3.27. The molecule has 0 aromatic heterocycles. The molecule has 6 heteroatoms. The van der Waals surface area contributed by atoms with E-state index in [0.29, 0.717) is 12.0 Å². The third-order valence-electron chi connectivity index (χ3n) is 5.08. The largest absolute Gasteiger partial charge is 0.378 e. The standard InChI is InChI=1S/C18H28BrN3O.ClH/c1-14(20)15-3-2-6-21(12-15)13-16-4-5-17(19)11-18(16)22-7-9-23-10-8-22;/h4-5,11,14-15H,2-3,6-10,12-13,20H2,1H3;1H. The maximum Gasteiger partial charge on any atom is 0.0642 e. The van der Waals surface area contributed by atoms with Crippen molar-refractivity contribution in [2.45, 2.75) is 32.4 Å². The first-order chi connectivity index (χ1) is 11.1. The number of piperidine rings is 1. The molecule has 1 aromatic rings. The molecule has 2 N–H and O–H groups in total. The van der Waals surface area contributed by atoms with E-state index in [1.807, 2.05) is 0 Å². The Bertz CT molecular complexity index is 523. The van der Waals surface area contributed by atoms with Crippen molar-refractivity contribution in [3.63, 3.8) is 0 Å². The number of halogens is 2. The summed E-state index contributed by atoms with van der Waals surface area (Å²) in [4.78, 5) is 5.03. The Labute approximate surface area is 160 Å². The van der Waals surface area contributed by atoms with E-state index < -0.39 is 0 Å². The number of ether oxygens (including phenoxy) is 1. The molecule has 0 aliphatic carbocycles. The summed E-state index contributed by atoms with van der Waals surface area (Å²) in [7, 11) is 0. The van der Waals surface area contributed by atoms with Gasteiger partial charge in [-0.2, -0.15) is 0 Å². The molecule has 2 saturated heterocycles. The number of anilines is 1. The number of hydrogen-bond acceptors (Lipinski definition) is 4. The normalized spacial score (nSPS) is 23.6. The number of likely N-dealkylation sites (tertiary alicyclic amines) is 1. The van der Waals surface area contributed by atoms with Gasteiger partial charge in [0.15, 0.2) is 0 Å². The van der Waals surface area contributed by atoms with E-state index in [1.165, 1.54) is 30.6 Å². The van der Waals surface area contributed by atoms with Crippen LogP contribution < -0.4 is 10.6 Å². The van der Waals surface area contributed by atoms with Crippen LogP contribution in [0.15, 0.2) is 22.7 Å². The average molecular weight is 419 g/mol. The first-order valence-corrected chi connectivity index (χ1v) is 9.52. The lowest BCUT2D eigenvalue weighted by atomic mass is 9.92. The zero-order chi connectivity index (χ0) is 16.2. The lowest BCUT2D eigenvalue weighted by Gasteiger charge is -2.36. The van der Waals surface area contributed by atoms with Gasteiger partial charge in [0.25, 0.3) is 0 Å². The topological polar surface area (TPSA) is 41.7 Å². The first kappa shape index (κ1) is 20.0. The summed E-state index contributed by atoms with van der Waals surface area (Å²) in [6, 6.07) is 6.98. The fraction of sp³-hybridized carbons (Fsp3) is 0.667. The van der Waals surface area contributed by atoms with Crippen molar-refractivity contribution in [1.82, 2.24) is 4.90 Å². The summed E-state index contributed by atoms with van der Waals surface area (Å²) in [6.07, 6.45) is 2.53. The molecule has 0 radical (unpaired) electrons. The van der Waals surface area contributed by atoms with Crippen LogP contribution in [0.25, 0.3) is 0 Å². The van der Waals surface area contributed by atoms with E-state index in [2.05, 4.69) is 50.9 Å². The number of nitrogens with zero attached hydrogens (tertiary/aromatic N) is 2. The minimum atomic E-state index is 0. The highest BCUT2D eigenvalue weighted by molar-refractivity contribution is 9.10. The van der Waals surface area contributed by atoms with Crippen LogP contribution in [-0.4, -0.2) is 50.3 Å². The summed E-state index contributed by atoms with van der Waals surface area (Å²) in [5.74, 6) is 0.631. The van der Waals surface area contributed by atoms with Gasteiger partial charge in [-0.3, -0.25) is 4.90 Å². The Morgan fingerprint density at radius 1 is 1.29 bits per heavy atom. The minimum absolute atomic E-state index is 0. The smallest absolute Gasteiger partial charge is 0.0642 e. The molecule has 2 atom stereocenters. The predicted molar refractivity (Wildman–Crippen MR) is 106 cm³/mol. The molecular formula is C18H29BrClN3O. The number of nitrogens with two attached hydrogens (primary N) is 1. The molecule has 0 amide bonds. The van der Waals surface area contributed by atoms with Crippen LogP contribution in [0.1, 0.15) is 25.3 Å². The molecule has 1 aromatic carbocycles. The molecule has 24 heavy (non-hydrogen) atoms. The lowest BCUT2D eigenvalue weighted by Crippen LogP contribution is -2.42. The van der Waals surface area contributed by atoms with Gasteiger partial charge in [-0.15, -0.1) is 12.4 Å². The molecule has 0 saturated carbocycles. The summed E-state index contributed by atoms with van der Waals surface area (Å²) >= 11 is 3.63. The number of hydrogen-bond donors (Lipinski definition) is 1. The Kier molecular flexibility index (Phi) is 7.82. The Morgan fingerprint density at radius 2 is 2.04 bits per heavy atom. The Balaban J connectivity index is 0.00000208. The second-order valence-electron chi connectivity index (χ2n) is 6.87. The quantitative estimate of drug-likeness (QED) is 0.815. The van der Waals surface area contributed by atoms with Crippen molar-refractivity contribution in [2.75, 3.05) is 44.3 Å². The SMILES string of the molecule is CC(N)C1CCCN(Cc2ccc(Br)cc2N2CCOCC2)C1.Cl. The van der Waals surface area contributed by atoms with Crippen LogP contribution in [0.5, 0.6) is 0 Å². The van der Waals surface area contributed by atoms with E-state index in [1.54, 1.807) is 0 Å². The monoisotopic (exact) mass is 417 g/mol. The van der Waals surface area contributed by atoms with Crippen LogP contribution in [0.2, 0.25) is 0 Å². The maximum atomic E-state index is 6.13. The van der Waals surface area contributed by atoms with Crippen LogP contribution in [0.3, 0.4) is 0 Å². The van der Waals surface area contributed by atoms with Crippen molar-refractivity contribution in [2.24, 2.45) is 11.7 Å². The third-order valence-corrected chi connectivity index (χ3v) is 5.57. The average Bonchev–Trinajstić information content (AvgIpc) is 2.57. The number of rotatable bonds is 4. The zero-order valence-electron chi connectivity index (χ0n) is 14.4.